The number of para-hydroxylation sites is 1. The first-order valence-electron chi connectivity index (χ1n) is 8.83. The van der Waals surface area contributed by atoms with E-state index < -0.39 is 29.7 Å². The van der Waals surface area contributed by atoms with E-state index in [1.165, 1.54) is 26.2 Å². The molecule has 0 saturated heterocycles. The highest BCUT2D eigenvalue weighted by molar-refractivity contribution is 5.92. The smallest absolute Gasteiger partial charge is 0.416 e. The molecule has 0 bridgehead atoms. The lowest BCUT2D eigenvalue weighted by Gasteiger charge is -2.16. The lowest BCUT2D eigenvalue weighted by molar-refractivity contribution is -0.144. The van der Waals surface area contributed by atoms with Crippen molar-refractivity contribution < 1.29 is 27.5 Å². The number of alkyl halides is 3. The number of fused-ring (bicyclic) bond motifs is 1. The fourth-order valence-electron chi connectivity index (χ4n) is 3.27. The van der Waals surface area contributed by atoms with Crippen molar-refractivity contribution in [2.24, 2.45) is 0 Å². The maximum absolute atomic E-state index is 12.9. The summed E-state index contributed by atoms with van der Waals surface area (Å²) in [5, 5.41) is 3.37. The van der Waals surface area contributed by atoms with Gasteiger partial charge in [0.2, 0.25) is 5.91 Å². The number of carbonyl (C=O) groups is 2. The number of nitrogens with one attached hydrogen (secondary N) is 2. The Morgan fingerprint density at radius 3 is 2.34 bits per heavy atom. The van der Waals surface area contributed by atoms with Gasteiger partial charge in [0.25, 0.3) is 0 Å². The number of aromatic nitrogens is 1. The second kappa shape index (κ2) is 7.98. The SMILES string of the molecule is COC(=O)[C@H](Cc1c(-c2ccc(C(F)(F)F)cc2)[nH]c2ccccc12)NC(C)=O. The molecule has 0 unspecified atom stereocenters. The lowest BCUT2D eigenvalue weighted by atomic mass is 9.98. The summed E-state index contributed by atoms with van der Waals surface area (Å²) in [6.45, 7) is 1.29. The highest BCUT2D eigenvalue weighted by Gasteiger charge is 2.30. The van der Waals surface area contributed by atoms with Crippen molar-refractivity contribution >= 4 is 22.8 Å². The Morgan fingerprint density at radius 2 is 1.76 bits per heavy atom. The average Bonchev–Trinajstić information content (AvgIpc) is 3.04. The van der Waals surface area contributed by atoms with Gasteiger partial charge in [0, 0.05) is 29.9 Å². The monoisotopic (exact) mass is 404 g/mol. The molecule has 5 nitrogen and oxygen atoms in total. The third-order valence-electron chi connectivity index (χ3n) is 4.59. The summed E-state index contributed by atoms with van der Waals surface area (Å²) >= 11 is 0. The summed E-state index contributed by atoms with van der Waals surface area (Å²) in [6.07, 6.45) is -4.31. The predicted octanol–water partition coefficient (Wildman–Crippen LogP) is 4.07. The molecule has 1 amide bonds. The molecule has 0 fully saturated rings. The van der Waals surface area contributed by atoms with Crippen molar-refractivity contribution in [3.63, 3.8) is 0 Å². The van der Waals surface area contributed by atoms with E-state index in [0.29, 0.717) is 16.8 Å². The molecule has 1 heterocycles. The van der Waals surface area contributed by atoms with E-state index in [-0.39, 0.29) is 6.42 Å². The van der Waals surface area contributed by atoms with E-state index in [4.69, 9.17) is 4.74 Å². The molecule has 3 aromatic rings. The zero-order chi connectivity index (χ0) is 21.2. The van der Waals surface area contributed by atoms with E-state index in [1.807, 2.05) is 24.3 Å². The van der Waals surface area contributed by atoms with Crippen LogP contribution < -0.4 is 5.32 Å². The van der Waals surface area contributed by atoms with Crippen LogP contribution in [0.4, 0.5) is 13.2 Å². The molecule has 2 N–H and O–H groups in total. The fraction of sp³-hybridized carbons (Fsp3) is 0.238. The fourth-order valence-corrected chi connectivity index (χ4v) is 3.27. The second-order valence-electron chi connectivity index (χ2n) is 6.58. The predicted molar refractivity (Wildman–Crippen MR) is 102 cm³/mol. The van der Waals surface area contributed by atoms with Crippen LogP contribution in [0.3, 0.4) is 0 Å². The summed E-state index contributed by atoms with van der Waals surface area (Å²) in [6, 6.07) is 11.2. The summed E-state index contributed by atoms with van der Waals surface area (Å²) in [4.78, 5) is 26.9. The Morgan fingerprint density at radius 1 is 1.10 bits per heavy atom. The van der Waals surface area contributed by atoms with Gasteiger partial charge in [0.05, 0.1) is 12.7 Å². The first kappa shape index (κ1) is 20.4. The normalized spacial score (nSPS) is 12.6. The summed E-state index contributed by atoms with van der Waals surface area (Å²) < 4.78 is 43.5. The molecule has 8 heteroatoms. The first-order valence-corrected chi connectivity index (χ1v) is 8.83. The van der Waals surface area contributed by atoms with Gasteiger partial charge in [-0.05, 0) is 29.3 Å². The molecule has 3 rings (SSSR count). The number of H-pyrrole nitrogens is 1. The van der Waals surface area contributed by atoms with Crippen LogP contribution in [0, 0.1) is 0 Å². The third-order valence-corrected chi connectivity index (χ3v) is 4.59. The minimum absolute atomic E-state index is 0.118. The number of halogens is 3. The molecule has 152 valence electrons. The Kier molecular flexibility index (Phi) is 5.63. The Hall–Kier alpha value is -3.29. The van der Waals surface area contributed by atoms with E-state index in [2.05, 4.69) is 10.3 Å². The molecule has 0 aliphatic carbocycles. The maximum atomic E-state index is 12.9. The zero-order valence-corrected chi connectivity index (χ0v) is 15.8. The average molecular weight is 404 g/mol. The topological polar surface area (TPSA) is 71.2 Å². The lowest BCUT2D eigenvalue weighted by Crippen LogP contribution is -2.42. The molecule has 1 aromatic heterocycles. The Labute approximate surface area is 164 Å². The highest BCUT2D eigenvalue weighted by atomic mass is 19.4. The van der Waals surface area contributed by atoms with E-state index in [9.17, 15) is 22.8 Å². The number of carbonyl (C=O) groups excluding carboxylic acids is 2. The number of benzene rings is 2. The first-order chi connectivity index (χ1) is 13.7. The summed E-state index contributed by atoms with van der Waals surface area (Å²) in [5.74, 6) is -1.000. The molecule has 1 atom stereocenters. The molecular formula is C21H19F3N2O3. The second-order valence-corrected chi connectivity index (χ2v) is 6.58. The number of rotatable bonds is 5. The van der Waals surface area contributed by atoms with Crippen LogP contribution in [0.1, 0.15) is 18.1 Å². The molecule has 0 radical (unpaired) electrons. The van der Waals surface area contributed by atoms with Gasteiger partial charge in [-0.1, -0.05) is 30.3 Å². The minimum Gasteiger partial charge on any atom is -0.467 e. The molecule has 0 aliphatic rings. The van der Waals surface area contributed by atoms with Crippen molar-refractivity contribution in [2.75, 3.05) is 7.11 Å². The molecule has 29 heavy (non-hydrogen) atoms. The van der Waals surface area contributed by atoms with Crippen LogP contribution in [-0.2, 0) is 26.9 Å². The van der Waals surface area contributed by atoms with Gasteiger partial charge in [-0.25, -0.2) is 4.79 Å². The summed E-state index contributed by atoms with van der Waals surface area (Å²) in [7, 11) is 1.23. The van der Waals surface area contributed by atoms with Gasteiger partial charge in [0.15, 0.2) is 0 Å². The molecule has 0 aliphatic heterocycles. The van der Waals surface area contributed by atoms with Crippen molar-refractivity contribution in [1.29, 1.82) is 0 Å². The number of ether oxygens (including phenoxy) is 1. The maximum Gasteiger partial charge on any atom is 0.416 e. The highest BCUT2D eigenvalue weighted by Crippen LogP contribution is 2.34. The number of aromatic amines is 1. The number of hydrogen-bond acceptors (Lipinski definition) is 3. The largest absolute Gasteiger partial charge is 0.467 e. The van der Waals surface area contributed by atoms with E-state index in [0.717, 1.165) is 23.0 Å². The molecule has 2 aromatic carbocycles. The van der Waals surface area contributed by atoms with Crippen molar-refractivity contribution in [3.05, 3.63) is 59.7 Å². The van der Waals surface area contributed by atoms with E-state index >= 15 is 0 Å². The quantitative estimate of drug-likeness (QED) is 0.630. The minimum atomic E-state index is -4.43. The number of hydrogen-bond donors (Lipinski definition) is 2. The molecular weight excluding hydrogens is 385 g/mol. The van der Waals surface area contributed by atoms with Crippen LogP contribution >= 0.6 is 0 Å². The number of methoxy groups -OCH3 is 1. The van der Waals surface area contributed by atoms with Gasteiger partial charge in [-0.2, -0.15) is 13.2 Å². The molecule has 0 saturated carbocycles. The van der Waals surface area contributed by atoms with Crippen LogP contribution in [0.25, 0.3) is 22.2 Å². The van der Waals surface area contributed by atoms with Crippen LogP contribution in [0.15, 0.2) is 48.5 Å². The van der Waals surface area contributed by atoms with Crippen LogP contribution in [-0.4, -0.2) is 30.0 Å². The van der Waals surface area contributed by atoms with Gasteiger partial charge >= 0.3 is 12.1 Å². The standard InChI is InChI=1S/C21H19F3N2O3/c1-12(27)25-18(20(28)29-2)11-16-15-5-3-4-6-17(15)26-19(16)13-7-9-14(10-8-13)21(22,23)24/h3-10,18,26H,11H2,1-2H3,(H,25,27)/t18-/m0/s1. The molecule has 0 spiro atoms. The van der Waals surface area contributed by atoms with E-state index in [1.54, 1.807) is 0 Å². The number of esters is 1. The Bertz CT molecular complexity index is 1040. The van der Waals surface area contributed by atoms with Crippen LogP contribution in [0.2, 0.25) is 0 Å². The number of amides is 1. The third kappa shape index (κ3) is 4.42. The van der Waals surface area contributed by atoms with Gasteiger partial charge in [0.1, 0.15) is 6.04 Å². The van der Waals surface area contributed by atoms with Crippen molar-refractivity contribution in [2.45, 2.75) is 25.6 Å². The zero-order valence-electron chi connectivity index (χ0n) is 15.8. The van der Waals surface area contributed by atoms with Crippen molar-refractivity contribution in [1.82, 2.24) is 10.3 Å². The van der Waals surface area contributed by atoms with Gasteiger partial charge in [-0.3, -0.25) is 4.79 Å². The van der Waals surface area contributed by atoms with Gasteiger partial charge < -0.3 is 15.0 Å². The summed E-state index contributed by atoms with van der Waals surface area (Å²) in [5.41, 5.74) is 1.84. The Balaban J connectivity index is 2.08. The van der Waals surface area contributed by atoms with Crippen LogP contribution in [0.5, 0.6) is 0 Å². The van der Waals surface area contributed by atoms with Gasteiger partial charge in [-0.15, -0.1) is 0 Å². The van der Waals surface area contributed by atoms with Crippen molar-refractivity contribution in [3.8, 4) is 11.3 Å².